The van der Waals surface area contributed by atoms with E-state index in [0.717, 1.165) is 41.6 Å². The van der Waals surface area contributed by atoms with E-state index in [0.29, 0.717) is 11.5 Å². The average Bonchev–Trinajstić information content (AvgIpc) is 3.51. The summed E-state index contributed by atoms with van der Waals surface area (Å²) in [5.74, 6) is -0.285. The maximum Gasteiger partial charge on any atom is 0.269 e. The van der Waals surface area contributed by atoms with Crippen LogP contribution in [0.15, 0.2) is 48.5 Å². The molecule has 1 aliphatic carbocycles. The second-order valence-electron chi connectivity index (χ2n) is 6.62. The molecule has 0 bridgehead atoms. The number of hydrogen-bond acceptors (Lipinski definition) is 5. The molecule has 1 aromatic heterocycles. The Balaban J connectivity index is 1.62. The number of nitrogens with one attached hydrogen (secondary N) is 1. The molecule has 1 fully saturated rings. The van der Waals surface area contributed by atoms with Crippen molar-refractivity contribution in [2.75, 3.05) is 0 Å². The molecule has 27 heavy (non-hydrogen) atoms. The number of fused-ring (bicyclic) bond motifs is 1. The van der Waals surface area contributed by atoms with Crippen LogP contribution in [0.1, 0.15) is 40.4 Å². The van der Waals surface area contributed by atoms with Crippen molar-refractivity contribution in [2.45, 2.75) is 25.3 Å². The summed E-state index contributed by atoms with van der Waals surface area (Å²) in [7, 11) is 0. The molecule has 136 valence electrons. The van der Waals surface area contributed by atoms with Crippen LogP contribution in [-0.2, 0) is 6.54 Å². The third kappa shape index (κ3) is 3.44. The minimum Gasteiger partial charge on any atom is -0.872 e. The number of rotatable bonds is 5. The minimum atomic E-state index is -0.566. The Bertz CT molecular complexity index is 1060. The fraction of sp³-hybridized carbons (Fsp3) is 0.200. The van der Waals surface area contributed by atoms with Gasteiger partial charge in [0.1, 0.15) is 0 Å². The van der Waals surface area contributed by atoms with Crippen molar-refractivity contribution in [3.05, 3.63) is 75.5 Å². The second-order valence-corrected chi connectivity index (χ2v) is 6.62. The molecule has 0 aliphatic heterocycles. The van der Waals surface area contributed by atoms with Crippen molar-refractivity contribution >= 4 is 22.5 Å². The van der Waals surface area contributed by atoms with Gasteiger partial charge in [-0.15, -0.1) is 5.75 Å². The number of pyridine rings is 1. The number of benzene rings is 2. The van der Waals surface area contributed by atoms with E-state index in [1.807, 2.05) is 24.3 Å². The van der Waals surface area contributed by atoms with Gasteiger partial charge in [0.25, 0.3) is 11.6 Å². The zero-order valence-electron chi connectivity index (χ0n) is 14.3. The predicted molar refractivity (Wildman–Crippen MR) is 97.4 cm³/mol. The van der Waals surface area contributed by atoms with E-state index >= 15 is 0 Å². The predicted octanol–water partition coefficient (Wildman–Crippen LogP) is 3.02. The Morgan fingerprint density at radius 1 is 1.19 bits per heavy atom. The first-order chi connectivity index (χ1) is 13.0. The maximum absolute atomic E-state index is 12.8. The molecule has 0 unspecified atom stereocenters. The highest BCUT2D eigenvalue weighted by molar-refractivity contribution is 6.06. The van der Waals surface area contributed by atoms with E-state index in [9.17, 15) is 20.0 Å². The van der Waals surface area contributed by atoms with Crippen molar-refractivity contribution in [3.63, 3.8) is 0 Å². The van der Waals surface area contributed by atoms with Gasteiger partial charge in [0, 0.05) is 35.7 Å². The molecule has 1 heterocycles. The third-order valence-corrected chi connectivity index (χ3v) is 4.67. The maximum atomic E-state index is 12.8. The Hall–Kier alpha value is -3.48. The lowest BCUT2D eigenvalue weighted by atomic mass is 10.0. The van der Waals surface area contributed by atoms with Gasteiger partial charge in [-0.05, 0) is 30.5 Å². The lowest BCUT2D eigenvalue weighted by Gasteiger charge is -2.14. The highest BCUT2D eigenvalue weighted by Crippen LogP contribution is 2.40. The summed E-state index contributed by atoms with van der Waals surface area (Å²) in [5, 5.41) is 26.3. The SMILES string of the molecule is O=C(NCc1cc([N+](=O)[O-])ccc1[O-])c1cc(C2CC2)nc2ccccc12. The lowest BCUT2D eigenvalue weighted by Crippen LogP contribution is -2.24. The molecule has 0 radical (unpaired) electrons. The molecule has 0 saturated heterocycles. The number of nitro benzene ring substituents is 1. The second kappa shape index (κ2) is 6.68. The van der Waals surface area contributed by atoms with Crippen LogP contribution in [0.3, 0.4) is 0 Å². The first-order valence-corrected chi connectivity index (χ1v) is 8.65. The van der Waals surface area contributed by atoms with Crippen LogP contribution in [0, 0.1) is 10.1 Å². The molecule has 1 saturated carbocycles. The number of para-hydroxylation sites is 1. The summed E-state index contributed by atoms with van der Waals surface area (Å²) in [6, 6.07) is 12.7. The highest BCUT2D eigenvalue weighted by Gasteiger charge is 2.26. The van der Waals surface area contributed by atoms with Gasteiger partial charge >= 0.3 is 0 Å². The number of carbonyl (C=O) groups excluding carboxylic acids is 1. The van der Waals surface area contributed by atoms with Gasteiger partial charge in [-0.25, -0.2) is 0 Å². The standard InChI is InChI=1S/C20H17N3O4/c24-19-8-7-14(23(26)27)9-13(19)11-21-20(25)16-10-18(12-5-6-12)22-17-4-2-1-3-15(16)17/h1-4,7-10,12,24H,5-6,11H2,(H,21,25)/p-1. The van der Waals surface area contributed by atoms with Crippen LogP contribution >= 0.6 is 0 Å². The summed E-state index contributed by atoms with van der Waals surface area (Å²) >= 11 is 0. The van der Waals surface area contributed by atoms with Crippen LogP contribution in [-0.4, -0.2) is 15.8 Å². The Kier molecular flexibility index (Phi) is 4.19. The largest absolute Gasteiger partial charge is 0.872 e. The molecule has 1 aliphatic rings. The molecular formula is C20H16N3O4-. The smallest absolute Gasteiger partial charge is 0.269 e. The number of nitro groups is 1. The van der Waals surface area contributed by atoms with Crippen LogP contribution in [0.4, 0.5) is 5.69 Å². The fourth-order valence-electron chi connectivity index (χ4n) is 3.06. The highest BCUT2D eigenvalue weighted by atomic mass is 16.6. The number of carbonyl (C=O) groups is 1. The zero-order valence-corrected chi connectivity index (χ0v) is 14.3. The molecule has 7 nitrogen and oxygen atoms in total. The van der Waals surface area contributed by atoms with Gasteiger partial charge < -0.3 is 10.4 Å². The Morgan fingerprint density at radius 2 is 1.96 bits per heavy atom. The normalized spacial score (nSPS) is 13.5. The van der Waals surface area contributed by atoms with Gasteiger partial charge in [-0.3, -0.25) is 19.9 Å². The van der Waals surface area contributed by atoms with Crippen LogP contribution in [0.25, 0.3) is 10.9 Å². The van der Waals surface area contributed by atoms with Crippen molar-refractivity contribution in [1.82, 2.24) is 10.3 Å². The van der Waals surface area contributed by atoms with Gasteiger partial charge in [-0.1, -0.05) is 24.3 Å². The lowest BCUT2D eigenvalue weighted by molar-refractivity contribution is -0.385. The van der Waals surface area contributed by atoms with Gasteiger partial charge in [0.2, 0.25) is 0 Å². The molecule has 3 aromatic rings. The average molecular weight is 362 g/mol. The van der Waals surface area contributed by atoms with Gasteiger partial charge in [0.05, 0.1) is 16.0 Å². The van der Waals surface area contributed by atoms with Crippen molar-refractivity contribution in [1.29, 1.82) is 0 Å². The summed E-state index contributed by atoms with van der Waals surface area (Å²) in [6.07, 6.45) is 2.14. The molecule has 1 N–H and O–H groups in total. The molecule has 1 amide bonds. The van der Waals surface area contributed by atoms with Crippen LogP contribution < -0.4 is 10.4 Å². The number of non-ortho nitro benzene ring substituents is 1. The number of hydrogen-bond donors (Lipinski definition) is 1. The number of amides is 1. The number of aromatic nitrogens is 1. The summed E-state index contributed by atoms with van der Waals surface area (Å²) < 4.78 is 0. The monoisotopic (exact) mass is 362 g/mol. The van der Waals surface area contributed by atoms with E-state index in [4.69, 9.17) is 0 Å². The Labute approximate surface area is 154 Å². The van der Waals surface area contributed by atoms with E-state index < -0.39 is 4.92 Å². The molecular weight excluding hydrogens is 346 g/mol. The first kappa shape index (κ1) is 17.0. The molecule has 2 aromatic carbocycles. The van der Waals surface area contributed by atoms with E-state index in [2.05, 4.69) is 10.3 Å². The van der Waals surface area contributed by atoms with Crippen LogP contribution in [0.5, 0.6) is 5.75 Å². The van der Waals surface area contributed by atoms with Crippen molar-refractivity contribution < 1.29 is 14.8 Å². The molecule has 4 rings (SSSR count). The first-order valence-electron chi connectivity index (χ1n) is 8.65. The van der Waals surface area contributed by atoms with Gasteiger partial charge in [-0.2, -0.15) is 0 Å². The van der Waals surface area contributed by atoms with E-state index in [1.54, 1.807) is 6.07 Å². The van der Waals surface area contributed by atoms with E-state index in [1.165, 1.54) is 6.07 Å². The van der Waals surface area contributed by atoms with Crippen LogP contribution in [0.2, 0.25) is 0 Å². The van der Waals surface area contributed by atoms with Gasteiger partial charge in [0.15, 0.2) is 0 Å². The fourth-order valence-corrected chi connectivity index (χ4v) is 3.06. The topological polar surface area (TPSA) is 108 Å². The molecule has 0 atom stereocenters. The Morgan fingerprint density at radius 3 is 2.70 bits per heavy atom. The van der Waals surface area contributed by atoms with E-state index in [-0.39, 0.29) is 29.5 Å². The minimum absolute atomic E-state index is 0.0746. The zero-order chi connectivity index (χ0) is 19.0. The third-order valence-electron chi connectivity index (χ3n) is 4.67. The van der Waals surface area contributed by atoms with Crippen molar-refractivity contribution in [3.8, 4) is 5.75 Å². The quantitative estimate of drug-likeness (QED) is 0.554. The summed E-state index contributed by atoms with van der Waals surface area (Å²) in [6.45, 7) is -0.0746. The summed E-state index contributed by atoms with van der Waals surface area (Å²) in [4.78, 5) is 27.7. The molecule has 0 spiro atoms. The van der Waals surface area contributed by atoms with Crippen molar-refractivity contribution in [2.24, 2.45) is 0 Å². The number of nitrogens with zero attached hydrogens (tertiary/aromatic N) is 2. The summed E-state index contributed by atoms with van der Waals surface area (Å²) in [5.41, 5.74) is 2.16. The molecule has 7 heteroatoms.